The van der Waals surface area contributed by atoms with Crippen LogP contribution in [0.3, 0.4) is 0 Å². The summed E-state index contributed by atoms with van der Waals surface area (Å²) in [5.74, 6) is 1.62. The van der Waals surface area contributed by atoms with Crippen LogP contribution in [-0.2, 0) is 6.54 Å². The Balaban J connectivity index is 2.68. The molecule has 0 radical (unpaired) electrons. The standard InChI is InChI=1S/C15H27N3O2/c1-17(2)10-7-11-20-15-13(12-16-18(3)4)8-6-9-14(15)19-5/h6,8-9,16H,7,10-12H2,1-5H3. The van der Waals surface area contributed by atoms with Crippen molar-refractivity contribution in [2.45, 2.75) is 13.0 Å². The molecule has 0 aromatic heterocycles. The van der Waals surface area contributed by atoms with Crippen molar-refractivity contribution in [3.63, 3.8) is 0 Å². The van der Waals surface area contributed by atoms with Gasteiger partial charge in [0.25, 0.3) is 0 Å². The van der Waals surface area contributed by atoms with Gasteiger partial charge in [0.2, 0.25) is 0 Å². The molecule has 114 valence electrons. The van der Waals surface area contributed by atoms with Crippen LogP contribution in [0.5, 0.6) is 11.5 Å². The van der Waals surface area contributed by atoms with Gasteiger partial charge in [0.1, 0.15) is 0 Å². The molecule has 0 unspecified atom stereocenters. The molecule has 0 aliphatic rings. The number of hydrazine groups is 1. The average molecular weight is 281 g/mol. The third-order valence-electron chi connectivity index (χ3n) is 2.86. The molecule has 0 spiro atoms. The summed E-state index contributed by atoms with van der Waals surface area (Å²) in [7, 11) is 9.74. The Hall–Kier alpha value is -1.30. The first-order valence-electron chi connectivity index (χ1n) is 6.88. The second-order valence-electron chi connectivity index (χ2n) is 5.18. The predicted octanol–water partition coefficient (Wildman–Crippen LogP) is 1.59. The first-order valence-corrected chi connectivity index (χ1v) is 6.88. The number of methoxy groups -OCH3 is 1. The molecule has 5 heteroatoms. The van der Waals surface area contributed by atoms with E-state index in [9.17, 15) is 0 Å². The topological polar surface area (TPSA) is 37.0 Å². The van der Waals surface area contributed by atoms with Crippen molar-refractivity contribution >= 4 is 0 Å². The van der Waals surface area contributed by atoms with Gasteiger partial charge in [0.15, 0.2) is 11.5 Å². The fourth-order valence-corrected chi connectivity index (χ4v) is 1.82. The third-order valence-corrected chi connectivity index (χ3v) is 2.86. The van der Waals surface area contributed by atoms with Gasteiger partial charge in [-0.05, 0) is 26.6 Å². The third kappa shape index (κ3) is 5.77. The highest BCUT2D eigenvalue weighted by molar-refractivity contribution is 5.46. The number of hydrogen-bond acceptors (Lipinski definition) is 5. The lowest BCUT2D eigenvalue weighted by molar-refractivity contribution is 0.256. The molecule has 1 aromatic rings. The van der Waals surface area contributed by atoms with Gasteiger partial charge in [0, 0.05) is 32.7 Å². The van der Waals surface area contributed by atoms with Crippen LogP contribution in [0.2, 0.25) is 0 Å². The molecule has 0 atom stereocenters. The van der Waals surface area contributed by atoms with E-state index >= 15 is 0 Å². The average Bonchev–Trinajstić information content (AvgIpc) is 2.41. The molecule has 1 N–H and O–H groups in total. The van der Waals surface area contributed by atoms with Crippen molar-refractivity contribution in [3.05, 3.63) is 23.8 Å². The first kappa shape index (κ1) is 16.8. The number of ether oxygens (including phenoxy) is 2. The van der Waals surface area contributed by atoms with E-state index in [1.54, 1.807) is 7.11 Å². The predicted molar refractivity (Wildman–Crippen MR) is 82.2 cm³/mol. The number of benzene rings is 1. The zero-order valence-corrected chi connectivity index (χ0v) is 13.3. The molecule has 1 rings (SSSR count). The summed E-state index contributed by atoms with van der Waals surface area (Å²) in [6.07, 6.45) is 0.992. The SMILES string of the molecule is COc1cccc(CNN(C)C)c1OCCCN(C)C. The number of para-hydroxylation sites is 1. The lowest BCUT2D eigenvalue weighted by Crippen LogP contribution is -2.29. The molecule has 1 aromatic carbocycles. The van der Waals surface area contributed by atoms with Crippen molar-refractivity contribution in [3.8, 4) is 11.5 Å². The van der Waals surface area contributed by atoms with Gasteiger partial charge >= 0.3 is 0 Å². The second-order valence-corrected chi connectivity index (χ2v) is 5.18. The van der Waals surface area contributed by atoms with Gasteiger partial charge in [0.05, 0.1) is 13.7 Å². The Morgan fingerprint density at radius 3 is 2.50 bits per heavy atom. The van der Waals surface area contributed by atoms with Crippen LogP contribution >= 0.6 is 0 Å². The molecule has 20 heavy (non-hydrogen) atoms. The number of nitrogens with one attached hydrogen (secondary N) is 1. The van der Waals surface area contributed by atoms with Crippen LogP contribution in [-0.4, -0.2) is 58.4 Å². The van der Waals surface area contributed by atoms with Gasteiger partial charge in [-0.1, -0.05) is 12.1 Å². The lowest BCUT2D eigenvalue weighted by atomic mass is 10.2. The fourth-order valence-electron chi connectivity index (χ4n) is 1.82. The molecular formula is C15H27N3O2. The highest BCUT2D eigenvalue weighted by Crippen LogP contribution is 2.31. The summed E-state index contributed by atoms with van der Waals surface area (Å²) in [4.78, 5) is 2.15. The highest BCUT2D eigenvalue weighted by Gasteiger charge is 2.10. The Labute approximate surface area is 122 Å². The number of nitrogens with zero attached hydrogens (tertiary/aromatic N) is 2. The summed E-state index contributed by atoms with van der Waals surface area (Å²) in [6, 6.07) is 5.97. The summed E-state index contributed by atoms with van der Waals surface area (Å²) < 4.78 is 11.3. The zero-order valence-electron chi connectivity index (χ0n) is 13.3. The minimum absolute atomic E-state index is 0.688. The van der Waals surface area contributed by atoms with Crippen LogP contribution in [0.25, 0.3) is 0 Å². The molecule has 5 nitrogen and oxygen atoms in total. The molecule has 0 aliphatic carbocycles. The van der Waals surface area contributed by atoms with Crippen LogP contribution in [0.1, 0.15) is 12.0 Å². The minimum atomic E-state index is 0.688. The smallest absolute Gasteiger partial charge is 0.165 e. The summed E-state index contributed by atoms with van der Waals surface area (Å²) in [6.45, 7) is 2.42. The minimum Gasteiger partial charge on any atom is -0.493 e. The normalized spacial score (nSPS) is 11.2. The van der Waals surface area contributed by atoms with Crippen molar-refractivity contribution in [2.75, 3.05) is 48.5 Å². The Morgan fingerprint density at radius 1 is 1.15 bits per heavy atom. The Morgan fingerprint density at radius 2 is 1.90 bits per heavy atom. The van der Waals surface area contributed by atoms with Crippen molar-refractivity contribution < 1.29 is 9.47 Å². The van der Waals surface area contributed by atoms with Gasteiger partial charge in [-0.3, -0.25) is 10.4 Å². The van der Waals surface area contributed by atoms with E-state index < -0.39 is 0 Å². The maximum Gasteiger partial charge on any atom is 0.165 e. The van der Waals surface area contributed by atoms with Gasteiger partial charge < -0.3 is 14.4 Å². The van der Waals surface area contributed by atoms with Crippen molar-refractivity contribution in [1.82, 2.24) is 15.3 Å². The molecule has 0 saturated carbocycles. The van der Waals surface area contributed by atoms with E-state index in [0.29, 0.717) is 13.2 Å². The van der Waals surface area contributed by atoms with Gasteiger partial charge in [-0.15, -0.1) is 0 Å². The van der Waals surface area contributed by atoms with Crippen LogP contribution in [0.15, 0.2) is 18.2 Å². The van der Waals surface area contributed by atoms with Crippen molar-refractivity contribution in [2.24, 2.45) is 0 Å². The molecular weight excluding hydrogens is 254 g/mol. The molecule has 0 aliphatic heterocycles. The summed E-state index contributed by atoms with van der Waals surface area (Å²) in [5.41, 5.74) is 4.35. The Bertz CT molecular complexity index is 395. The van der Waals surface area contributed by atoms with Crippen LogP contribution in [0, 0.1) is 0 Å². The number of hydrogen-bond donors (Lipinski definition) is 1. The van der Waals surface area contributed by atoms with Gasteiger partial charge in [-0.2, -0.15) is 0 Å². The van der Waals surface area contributed by atoms with E-state index in [-0.39, 0.29) is 0 Å². The largest absolute Gasteiger partial charge is 0.493 e. The van der Waals surface area contributed by atoms with E-state index in [1.165, 1.54) is 0 Å². The highest BCUT2D eigenvalue weighted by atomic mass is 16.5. The summed E-state index contributed by atoms with van der Waals surface area (Å²) >= 11 is 0. The fraction of sp³-hybridized carbons (Fsp3) is 0.600. The first-order chi connectivity index (χ1) is 9.54. The monoisotopic (exact) mass is 281 g/mol. The lowest BCUT2D eigenvalue weighted by Gasteiger charge is -2.18. The molecule has 0 fully saturated rings. The maximum absolute atomic E-state index is 5.93. The quantitative estimate of drug-likeness (QED) is 0.549. The zero-order chi connectivity index (χ0) is 15.0. The van der Waals surface area contributed by atoms with E-state index in [1.807, 2.05) is 31.2 Å². The number of rotatable bonds is 9. The van der Waals surface area contributed by atoms with E-state index in [0.717, 1.165) is 30.0 Å². The molecule has 0 heterocycles. The van der Waals surface area contributed by atoms with E-state index in [4.69, 9.17) is 9.47 Å². The second kappa shape index (κ2) is 8.79. The van der Waals surface area contributed by atoms with Crippen molar-refractivity contribution in [1.29, 1.82) is 0 Å². The van der Waals surface area contributed by atoms with Crippen LogP contribution < -0.4 is 14.9 Å². The Kier molecular flexibility index (Phi) is 7.36. The van der Waals surface area contributed by atoms with Crippen LogP contribution in [0.4, 0.5) is 0 Å². The molecule has 0 saturated heterocycles. The maximum atomic E-state index is 5.93. The molecule has 0 amide bonds. The van der Waals surface area contributed by atoms with E-state index in [2.05, 4.69) is 30.5 Å². The summed E-state index contributed by atoms with van der Waals surface area (Å²) in [5, 5.41) is 1.93. The van der Waals surface area contributed by atoms with Gasteiger partial charge in [-0.25, -0.2) is 0 Å². The molecule has 0 bridgehead atoms.